The molecule has 0 aliphatic carbocycles. The molecule has 0 bridgehead atoms. The molecule has 7 heteroatoms. The first-order valence-corrected chi connectivity index (χ1v) is 9.28. The molecule has 1 atom stereocenters. The second-order valence-corrected chi connectivity index (χ2v) is 8.18. The van der Waals surface area contributed by atoms with Crippen molar-refractivity contribution in [3.63, 3.8) is 0 Å². The topological polar surface area (TPSA) is 87.2 Å². The maximum absolute atomic E-state index is 13.4. The van der Waals surface area contributed by atoms with Crippen LogP contribution in [0.25, 0.3) is 16.6 Å². The largest absolute Gasteiger partial charge is 0.438 e. The van der Waals surface area contributed by atoms with Gasteiger partial charge in [0, 0.05) is 0 Å². The quantitative estimate of drug-likeness (QED) is 0.693. The van der Waals surface area contributed by atoms with Crippen molar-refractivity contribution in [3.05, 3.63) is 69.7 Å². The number of nitrogens with two attached hydrogens (primary N) is 1. The van der Waals surface area contributed by atoms with E-state index in [0.29, 0.717) is 33.9 Å². The van der Waals surface area contributed by atoms with Crippen LogP contribution >= 0.6 is 11.6 Å². The predicted octanol–water partition coefficient (Wildman–Crippen LogP) is 4.61. The van der Waals surface area contributed by atoms with Crippen LogP contribution in [0.4, 0.5) is 4.79 Å². The number of amides is 1. The van der Waals surface area contributed by atoms with E-state index in [1.165, 1.54) is 4.57 Å². The number of halogens is 1. The normalized spacial score (nSPS) is 12.7. The molecule has 0 fully saturated rings. The number of fused-ring (bicyclic) bond motifs is 1. The molecule has 0 saturated heterocycles. The lowest BCUT2D eigenvalue weighted by atomic mass is 9.88. The lowest BCUT2D eigenvalue weighted by molar-refractivity contribution is 0.0721. The fourth-order valence-corrected chi connectivity index (χ4v) is 3.38. The molecule has 28 heavy (non-hydrogen) atoms. The number of hydrogen-bond acceptors (Lipinski definition) is 4. The molecule has 0 saturated carbocycles. The molecule has 146 valence electrons. The maximum atomic E-state index is 13.4. The van der Waals surface area contributed by atoms with E-state index in [1.807, 2.05) is 39.0 Å². The van der Waals surface area contributed by atoms with Crippen molar-refractivity contribution in [2.75, 3.05) is 0 Å². The van der Waals surface area contributed by atoms with Gasteiger partial charge in [-0.05, 0) is 36.1 Å². The van der Waals surface area contributed by atoms with E-state index in [9.17, 15) is 9.59 Å². The highest BCUT2D eigenvalue weighted by molar-refractivity contribution is 6.35. The Balaban J connectivity index is 2.36. The smallest absolute Gasteiger partial charge is 0.405 e. The summed E-state index contributed by atoms with van der Waals surface area (Å²) in [6.07, 6.45) is -1.29. The summed E-state index contributed by atoms with van der Waals surface area (Å²) >= 11 is 6.29. The highest BCUT2D eigenvalue weighted by Gasteiger charge is 2.29. The molecule has 1 heterocycles. The van der Waals surface area contributed by atoms with Crippen molar-refractivity contribution >= 4 is 28.6 Å². The Labute approximate surface area is 167 Å². The van der Waals surface area contributed by atoms with Crippen molar-refractivity contribution in [3.8, 4) is 5.69 Å². The van der Waals surface area contributed by atoms with Crippen molar-refractivity contribution in [2.45, 2.75) is 33.3 Å². The van der Waals surface area contributed by atoms with E-state index in [1.54, 1.807) is 30.3 Å². The van der Waals surface area contributed by atoms with E-state index in [0.717, 1.165) is 0 Å². The first-order valence-electron chi connectivity index (χ1n) is 8.90. The average Bonchev–Trinajstić information content (AvgIpc) is 2.60. The van der Waals surface area contributed by atoms with Crippen molar-refractivity contribution < 1.29 is 9.53 Å². The van der Waals surface area contributed by atoms with Gasteiger partial charge >= 0.3 is 6.09 Å². The summed E-state index contributed by atoms with van der Waals surface area (Å²) in [6.45, 7) is 6.02. The molecule has 0 aliphatic rings. The van der Waals surface area contributed by atoms with E-state index >= 15 is 0 Å². The molecule has 1 aromatic heterocycles. The minimum Gasteiger partial charge on any atom is -0.438 e. The minimum absolute atomic E-state index is 0.206. The van der Waals surface area contributed by atoms with Gasteiger partial charge in [-0.25, -0.2) is 9.78 Å². The van der Waals surface area contributed by atoms with Crippen LogP contribution in [0, 0.1) is 5.41 Å². The highest BCUT2D eigenvalue weighted by atomic mass is 35.5. The van der Waals surface area contributed by atoms with Crippen LogP contribution in [-0.2, 0) is 4.74 Å². The fraction of sp³-hybridized carbons (Fsp3) is 0.286. The molecule has 2 N–H and O–H groups in total. The maximum Gasteiger partial charge on any atom is 0.405 e. The van der Waals surface area contributed by atoms with Gasteiger partial charge in [-0.15, -0.1) is 0 Å². The van der Waals surface area contributed by atoms with Crippen LogP contribution in [0.3, 0.4) is 0 Å². The summed E-state index contributed by atoms with van der Waals surface area (Å²) in [7, 11) is 0. The molecular formula is C21H22ClN3O3. The number of hydrogen-bond donors (Lipinski definition) is 1. The zero-order chi connectivity index (χ0) is 20.5. The molecule has 0 aliphatic heterocycles. The van der Waals surface area contributed by atoms with Gasteiger partial charge < -0.3 is 10.5 Å². The Morgan fingerprint density at radius 1 is 1.18 bits per heavy atom. The number of primary amides is 1. The Hall–Kier alpha value is -2.86. The second-order valence-electron chi connectivity index (χ2n) is 7.77. The fourth-order valence-electron chi connectivity index (χ4n) is 3.13. The Morgan fingerprint density at radius 2 is 1.86 bits per heavy atom. The van der Waals surface area contributed by atoms with E-state index < -0.39 is 12.2 Å². The van der Waals surface area contributed by atoms with Crippen LogP contribution in [0.2, 0.25) is 5.02 Å². The van der Waals surface area contributed by atoms with Crippen LogP contribution < -0.4 is 11.3 Å². The van der Waals surface area contributed by atoms with Gasteiger partial charge in [0.2, 0.25) is 0 Å². The molecule has 0 spiro atoms. The second kappa shape index (κ2) is 7.64. The lowest BCUT2D eigenvalue weighted by Gasteiger charge is -2.27. The van der Waals surface area contributed by atoms with Gasteiger partial charge in [-0.3, -0.25) is 9.36 Å². The highest BCUT2D eigenvalue weighted by Crippen LogP contribution is 2.33. The number of ether oxygens (including phenoxy) is 1. The van der Waals surface area contributed by atoms with Gasteiger partial charge in [-0.1, -0.05) is 56.6 Å². The average molecular weight is 400 g/mol. The Bertz CT molecular complexity index is 1070. The number of aromatic nitrogens is 2. The third kappa shape index (κ3) is 4.17. The molecule has 2 aromatic carbocycles. The summed E-state index contributed by atoms with van der Waals surface area (Å²) in [5.74, 6) is 0.305. The molecule has 0 unspecified atom stereocenters. The molecule has 0 radical (unpaired) electrons. The molecule has 3 rings (SSSR count). The van der Waals surface area contributed by atoms with Crippen LogP contribution in [0.1, 0.15) is 39.1 Å². The van der Waals surface area contributed by atoms with Crippen LogP contribution in [0.15, 0.2) is 53.3 Å². The van der Waals surface area contributed by atoms with Crippen LogP contribution in [0.5, 0.6) is 0 Å². The van der Waals surface area contributed by atoms with Gasteiger partial charge in [0.15, 0.2) is 11.9 Å². The summed E-state index contributed by atoms with van der Waals surface area (Å²) in [4.78, 5) is 29.6. The van der Waals surface area contributed by atoms with Gasteiger partial charge in [0.1, 0.15) is 0 Å². The zero-order valence-corrected chi connectivity index (χ0v) is 16.7. The van der Waals surface area contributed by atoms with E-state index in [2.05, 4.69) is 4.98 Å². The summed E-state index contributed by atoms with van der Waals surface area (Å²) < 4.78 is 6.83. The Morgan fingerprint density at radius 3 is 2.46 bits per heavy atom. The Kier molecular flexibility index (Phi) is 5.42. The first-order chi connectivity index (χ1) is 13.2. The van der Waals surface area contributed by atoms with E-state index in [4.69, 9.17) is 22.1 Å². The standard InChI is InChI=1S/C21H22ClN3O3/c1-21(2,3)12-16(28-20(23)27)18-24-15-11-7-10-14(22)17(15)19(26)25(18)13-8-5-4-6-9-13/h4-11,16H,12H2,1-3H3,(H2,23,27)/t16-/m0/s1. The lowest BCUT2D eigenvalue weighted by Crippen LogP contribution is -2.30. The molecule has 1 amide bonds. The monoisotopic (exact) mass is 399 g/mol. The number of nitrogens with zero attached hydrogens (tertiary/aromatic N) is 2. The third-order valence-electron chi connectivity index (χ3n) is 4.23. The molecule has 3 aromatic rings. The molecular weight excluding hydrogens is 378 g/mol. The summed E-state index contributed by atoms with van der Waals surface area (Å²) in [5.41, 5.74) is 5.82. The molecule has 6 nitrogen and oxygen atoms in total. The first kappa shape index (κ1) is 19.9. The SMILES string of the molecule is CC(C)(C)C[C@H](OC(N)=O)c1nc2cccc(Cl)c2c(=O)n1-c1ccccc1. The summed E-state index contributed by atoms with van der Waals surface area (Å²) in [6, 6.07) is 14.1. The summed E-state index contributed by atoms with van der Waals surface area (Å²) in [5, 5.41) is 0.625. The number of para-hydroxylation sites is 1. The van der Waals surface area contributed by atoms with Crippen molar-refractivity contribution in [1.29, 1.82) is 0 Å². The van der Waals surface area contributed by atoms with E-state index in [-0.39, 0.29) is 11.0 Å². The number of carbonyl (C=O) groups excluding carboxylic acids is 1. The van der Waals surface area contributed by atoms with Crippen molar-refractivity contribution in [1.82, 2.24) is 9.55 Å². The third-order valence-corrected chi connectivity index (χ3v) is 4.55. The number of benzene rings is 2. The van der Waals surface area contributed by atoms with Gasteiger partial charge in [0.05, 0.1) is 21.6 Å². The van der Waals surface area contributed by atoms with Gasteiger partial charge in [-0.2, -0.15) is 0 Å². The zero-order valence-electron chi connectivity index (χ0n) is 16.0. The van der Waals surface area contributed by atoms with Crippen molar-refractivity contribution in [2.24, 2.45) is 11.1 Å². The predicted molar refractivity (Wildman–Crippen MR) is 110 cm³/mol. The number of rotatable bonds is 4. The van der Waals surface area contributed by atoms with Crippen LogP contribution in [-0.4, -0.2) is 15.6 Å². The number of carbonyl (C=O) groups is 1. The van der Waals surface area contributed by atoms with Gasteiger partial charge in [0.25, 0.3) is 5.56 Å². The minimum atomic E-state index is -0.922.